The first-order chi connectivity index (χ1) is 12.5. The van der Waals surface area contributed by atoms with Gasteiger partial charge in [-0.1, -0.05) is 48.0 Å². The molecule has 6 heteroatoms. The van der Waals surface area contributed by atoms with Gasteiger partial charge < -0.3 is 10.1 Å². The molecule has 1 aliphatic heterocycles. The molecule has 1 N–H and O–H groups in total. The number of hydrogen-bond donors (Lipinski definition) is 1. The molecule has 0 radical (unpaired) electrons. The second-order valence-corrected chi connectivity index (χ2v) is 6.20. The summed E-state index contributed by atoms with van der Waals surface area (Å²) in [6.07, 6.45) is 0. The number of ether oxygens (including phenoxy) is 1. The van der Waals surface area contributed by atoms with E-state index in [1.54, 1.807) is 32.0 Å². The Morgan fingerprint density at radius 2 is 1.81 bits per heavy atom. The van der Waals surface area contributed by atoms with Gasteiger partial charge in [-0.3, -0.25) is 4.90 Å². The molecular weight excluding hydrogens is 352 g/mol. The summed E-state index contributed by atoms with van der Waals surface area (Å²) in [5, 5.41) is 3.36. The molecule has 2 aromatic rings. The monoisotopic (exact) mass is 370 g/mol. The molecule has 134 valence electrons. The van der Waals surface area contributed by atoms with Gasteiger partial charge in [-0.05, 0) is 37.6 Å². The predicted octanol–water partition coefficient (Wildman–Crippen LogP) is 4.45. The molecule has 0 aromatic heterocycles. The number of allylic oxidation sites excluding steroid dienone is 1. The molecule has 0 bridgehead atoms. The molecule has 0 spiro atoms. The van der Waals surface area contributed by atoms with Crippen LogP contribution in [0.1, 0.15) is 25.5 Å². The smallest absolute Gasteiger partial charge is 0.338 e. The summed E-state index contributed by atoms with van der Waals surface area (Å²) in [6.45, 7) is 3.72. The maximum Gasteiger partial charge on any atom is 0.338 e. The maximum absolute atomic E-state index is 12.8. The van der Waals surface area contributed by atoms with Gasteiger partial charge in [0.2, 0.25) is 0 Å². The van der Waals surface area contributed by atoms with Crippen molar-refractivity contribution in [1.29, 1.82) is 0 Å². The van der Waals surface area contributed by atoms with Crippen molar-refractivity contribution in [2.45, 2.75) is 19.9 Å². The van der Waals surface area contributed by atoms with Crippen LogP contribution < -0.4 is 10.2 Å². The number of carbonyl (C=O) groups is 2. The van der Waals surface area contributed by atoms with Crippen LogP contribution in [0.2, 0.25) is 5.02 Å². The van der Waals surface area contributed by atoms with E-state index in [2.05, 4.69) is 5.32 Å². The number of nitrogens with one attached hydrogen (secondary N) is 1. The summed E-state index contributed by atoms with van der Waals surface area (Å²) in [4.78, 5) is 27.0. The third-order valence-electron chi connectivity index (χ3n) is 4.21. The summed E-state index contributed by atoms with van der Waals surface area (Å²) in [5.74, 6) is -0.476. The van der Waals surface area contributed by atoms with E-state index >= 15 is 0 Å². The highest BCUT2D eigenvalue weighted by molar-refractivity contribution is 6.31. The van der Waals surface area contributed by atoms with Gasteiger partial charge in [-0.25, -0.2) is 9.59 Å². The number of para-hydroxylation sites is 1. The zero-order valence-electron chi connectivity index (χ0n) is 14.5. The van der Waals surface area contributed by atoms with E-state index in [1.165, 1.54) is 4.90 Å². The Morgan fingerprint density at radius 1 is 1.15 bits per heavy atom. The summed E-state index contributed by atoms with van der Waals surface area (Å²) >= 11 is 6.31. The minimum atomic E-state index is -0.671. The van der Waals surface area contributed by atoms with Gasteiger partial charge in [0.15, 0.2) is 0 Å². The molecule has 0 saturated heterocycles. The number of anilines is 1. The van der Waals surface area contributed by atoms with Crippen molar-refractivity contribution in [3.05, 3.63) is 76.5 Å². The number of esters is 1. The van der Waals surface area contributed by atoms with E-state index in [1.807, 2.05) is 36.4 Å². The van der Waals surface area contributed by atoms with E-state index < -0.39 is 12.0 Å². The fraction of sp³-hybridized carbons (Fsp3) is 0.200. The van der Waals surface area contributed by atoms with Crippen LogP contribution in [-0.4, -0.2) is 18.6 Å². The van der Waals surface area contributed by atoms with Gasteiger partial charge >= 0.3 is 12.0 Å². The van der Waals surface area contributed by atoms with E-state index in [4.69, 9.17) is 16.3 Å². The van der Waals surface area contributed by atoms with Gasteiger partial charge in [-0.2, -0.15) is 0 Å². The number of benzene rings is 2. The average Bonchev–Trinajstić information content (AvgIpc) is 2.62. The van der Waals surface area contributed by atoms with Crippen molar-refractivity contribution >= 4 is 29.3 Å². The van der Waals surface area contributed by atoms with Crippen molar-refractivity contribution in [2.75, 3.05) is 11.5 Å². The van der Waals surface area contributed by atoms with E-state index in [-0.39, 0.29) is 12.6 Å². The number of halogens is 1. The number of urea groups is 1. The van der Waals surface area contributed by atoms with E-state index in [0.29, 0.717) is 27.5 Å². The first-order valence-electron chi connectivity index (χ1n) is 8.32. The molecule has 2 aromatic carbocycles. The highest BCUT2D eigenvalue weighted by Crippen LogP contribution is 2.36. The number of nitrogens with zero attached hydrogens (tertiary/aromatic N) is 1. The van der Waals surface area contributed by atoms with E-state index in [9.17, 15) is 9.59 Å². The van der Waals surface area contributed by atoms with Crippen LogP contribution in [-0.2, 0) is 9.53 Å². The maximum atomic E-state index is 12.8. The second kappa shape index (κ2) is 7.62. The van der Waals surface area contributed by atoms with Crippen molar-refractivity contribution in [3.63, 3.8) is 0 Å². The number of carbonyl (C=O) groups excluding carboxylic acids is 2. The SMILES string of the molecule is CCOC(=O)C1=C(C)N(c2ccccc2)C(=O)N[C@H]1c1ccccc1Cl. The summed E-state index contributed by atoms with van der Waals surface area (Å²) in [7, 11) is 0. The zero-order chi connectivity index (χ0) is 18.7. The number of rotatable bonds is 4. The second-order valence-electron chi connectivity index (χ2n) is 5.79. The van der Waals surface area contributed by atoms with Crippen molar-refractivity contribution < 1.29 is 14.3 Å². The third-order valence-corrected chi connectivity index (χ3v) is 4.55. The normalized spacial score (nSPS) is 17.1. The lowest BCUT2D eigenvalue weighted by Crippen LogP contribution is -2.48. The van der Waals surface area contributed by atoms with Crippen LogP contribution in [0.5, 0.6) is 0 Å². The molecule has 0 aliphatic carbocycles. The lowest BCUT2D eigenvalue weighted by Gasteiger charge is -2.35. The molecule has 0 saturated carbocycles. The Labute approximate surface area is 157 Å². The summed E-state index contributed by atoms with van der Waals surface area (Å²) < 4.78 is 5.24. The van der Waals surface area contributed by atoms with Crippen LogP contribution in [0.15, 0.2) is 65.9 Å². The average molecular weight is 371 g/mol. The van der Waals surface area contributed by atoms with Gasteiger partial charge in [0, 0.05) is 10.7 Å². The summed E-state index contributed by atoms with van der Waals surface area (Å²) in [6, 6.07) is 15.3. The predicted molar refractivity (Wildman–Crippen MR) is 101 cm³/mol. The van der Waals surface area contributed by atoms with Crippen LogP contribution in [0.3, 0.4) is 0 Å². The Kier molecular flexibility index (Phi) is 5.28. The molecule has 2 amide bonds. The topological polar surface area (TPSA) is 58.6 Å². The van der Waals surface area contributed by atoms with Crippen LogP contribution in [0, 0.1) is 0 Å². The molecule has 3 rings (SSSR count). The fourth-order valence-corrected chi connectivity index (χ4v) is 3.29. The fourth-order valence-electron chi connectivity index (χ4n) is 3.05. The minimum Gasteiger partial charge on any atom is -0.463 e. The molecular formula is C20H19ClN2O3. The summed E-state index contributed by atoms with van der Waals surface area (Å²) in [5.41, 5.74) is 2.20. The molecule has 26 heavy (non-hydrogen) atoms. The lowest BCUT2D eigenvalue weighted by molar-refractivity contribution is -0.139. The zero-order valence-corrected chi connectivity index (χ0v) is 15.3. The van der Waals surface area contributed by atoms with Gasteiger partial charge in [0.1, 0.15) is 0 Å². The lowest BCUT2D eigenvalue weighted by atomic mass is 9.94. The standard InChI is InChI=1S/C20H19ClN2O3/c1-3-26-19(24)17-13(2)23(14-9-5-4-6-10-14)20(25)22-18(17)15-11-7-8-12-16(15)21/h4-12,18H,3H2,1-2H3,(H,22,25)/t18-/m0/s1. The molecule has 1 atom stereocenters. The van der Waals surface area contributed by atoms with Crippen LogP contribution >= 0.6 is 11.6 Å². The number of hydrogen-bond acceptors (Lipinski definition) is 3. The third kappa shape index (κ3) is 3.30. The molecule has 0 unspecified atom stereocenters. The van der Waals surface area contributed by atoms with Gasteiger partial charge in [-0.15, -0.1) is 0 Å². The van der Waals surface area contributed by atoms with Crippen LogP contribution in [0.25, 0.3) is 0 Å². The molecule has 1 aliphatic rings. The molecule has 0 fully saturated rings. The van der Waals surface area contributed by atoms with Gasteiger partial charge in [0.05, 0.1) is 23.9 Å². The van der Waals surface area contributed by atoms with Crippen molar-refractivity contribution in [3.8, 4) is 0 Å². The van der Waals surface area contributed by atoms with Crippen molar-refractivity contribution in [1.82, 2.24) is 5.32 Å². The highest BCUT2D eigenvalue weighted by atomic mass is 35.5. The quantitative estimate of drug-likeness (QED) is 0.809. The minimum absolute atomic E-state index is 0.240. The largest absolute Gasteiger partial charge is 0.463 e. The Hall–Kier alpha value is -2.79. The van der Waals surface area contributed by atoms with E-state index in [0.717, 1.165) is 0 Å². The molecule has 5 nitrogen and oxygen atoms in total. The highest BCUT2D eigenvalue weighted by Gasteiger charge is 2.37. The van der Waals surface area contributed by atoms with Crippen LogP contribution in [0.4, 0.5) is 10.5 Å². The Bertz CT molecular complexity index is 864. The first kappa shape index (κ1) is 18.0. The van der Waals surface area contributed by atoms with Crippen molar-refractivity contribution in [2.24, 2.45) is 0 Å². The Morgan fingerprint density at radius 3 is 2.46 bits per heavy atom. The van der Waals surface area contributed by atoms with Gasteiger partial charge in [0.25, 0.3) is 0 Å². The Balaban J connectivity index is 2.15. The number of amides is 2. The first-order valence-corrected chi connectivity index (χ1v) is 8.70. The molecule has 1 heterocycles.